The summed E-state index contributed by atoms with van der Waals surface area (Å²) in [5.41, 5.74) is 5.61. The number of aromatic nitrogens is 2. The normalized spacial score (nSPS) is 17.0. The molecule has 1 saturated heterocycles. The quantitative estimate of drug-likeness (QED) is 0.228. The van der Waals surface area contributed by atoms with Crippen LogP contribution in [0.4, 0.5) is 13.2 Å². The second kappa shape index (κ2) is 10.6. The first-order valence-electron chi connectivity index (χ1n) is 12.0. The topological polar surface area (TPSA) is 98.1 Å². The van der Waals surface area contributed by atoms with Crippen molar-refractivity contribution in [2.45, 2.75) is 30.2 Å². The first-order chi connectivity index (χ1) is 18.1. The van der Waals surface area contributed by atoms with E-state index in [4.69, 9.17) is 17.3 Å². The minimum absolute atomic E-state index is 0.0654. The summed E-state index contributed by atoms with van der Waals surface area (Å²) >= 11 is 3.14. The molecule has 1 aliphatic rings. The Morgan fingerprint density at radius 2 is 1.61 bits per heavy atom. The molecule has 1 fully saturated rings. The van der Waals surface area contributed by atoms with Crippen LogP contribution in [0, 0.1) is 0 Å². The van der Waals surface area contributed by atoms with Gasteiger partial charge in [-0.15, -0.1) is 17.5 Å². The number of piperidine rings is 1. The molecular formula is C27H24ClF3N4O2S. The number of rotatable bonds is 6. The van der Waals surface area contributed by atoms with Gasteiger partial charge in [0, 0.05) is 40.9 Å². The highest BCUT2D eigenvalue weighted by molar-refractivity contribution is 7.89. The summed E-state index contributed by atoms with van der Waals surface area (Å²) in [6.07, 6.45) is 0.836. The Labute approximate surface area is 225 Å². The molecule has 5 rings (SSSR count). The fourth-order valence-corrected chi connectivity index (χ4v) is 6.02. The number of hydrogen-bond donors (Lipinski definition) is 2. The Hall–Kier alpha value is -3.05. The van der Waals surface area contributed by atoms with Crippen molar-refractivity contribution < 1.29 is 22.5 Å². The monoisotopic (exact) mass is 560 g/mol. The Balaban J connectivity index is 1.49. The molecular weight excluding hydrogens is 537 g/mol. The standard InChI is InChI=1S/C27H24ClF3N4O2S/c28-21-8-5-17(6-9-21)24(16-1-3-19(4-2-16)26(32)36)20-7-10-23-22(15-20)25(34-33-23)18-11-13-35(14-12-18)38(37)27(29,30)31/h1-10,15,18,24H,11-14H2,(H2,32,36)(H,33,34). The third kappa shape index (κ3) is 5.40. The second-order valence-electron chi connectivity index (χ2n) is 9.28. The van der Waals surface area contributed by atoms with Gasteiger partial charge in [-0.25, -0.2) is 0 Å². The molecule has 2 heterocycles. The van der Waals surface area contributed by atoms with Crippen molar-refractivity contribution >= 4 is 39.8 Å². The number of hydrogen-bond acceptors (Lipinski definition) is 4. The molecule has 0 aliphatic carbocycles. The van der Waals surface area contributed by atoms with Crippen molar-refractivity contribution in [3.05, 3.63) is 99.7 Å². The van der Waals surface area contributed by atoms with E-state index in [1.54, 1.807) is 12.1 Å². The number of primary amides is 1. The van der Waals surface area contributed by atoms with E-state index in [1.807, 2.05) is 48.5 Å². The van der Waals surface area contributed by atoms with Crippen LogP contribution in [0.1, 0.15) is 57.4 Å². The molecule has 1 aliphatic heterocycles. The van der Waals surface area contributed by atoms with Gasteiger partial charge in [-0.2, -0.15) is 5.10 Å². The highest BCUT2D eigenvalue weighted by atomic mass is 35.5. The Kier molecular flexibility index (Phi) is 7.41. The van der Waals surface area contributed by atoms with Crippen LogP contribution in [-0.2, 0) is 11.4 Å². The van der Waals surface area contributed by atoms with Gasteiger partial charge in [0.1, 0.15) is 0 Å². The van der Waals surface area contributed by atoms with Gasteiger partial charge in [0.05, 0.1) is 11.2 Å². The van der Waals surface area contributed by atoms with Gasteiger partial charge in [0.25, 0.3) is 0 Å². The lowest BCUT2D eigenvalue weighted by Crippen LogP contribution is -2.44. The zero-order valence-electron chi connectivity index (χ0n) is 20.0. The van der Waals surface area contributed by atoms with E-state index in [-0.39, 0.29) is 24.9 Å². The van der Waals surface area contributed by atoms with Crippen LogP contribution in [0.3, 0.4) is 0 Å². The summed E-state index contributed by atoms with van der Waals surface area (Å²) in [5, 5.41) is 9.07. The van der Waals surface area contributed by atoms with Gasteiger partial charge in [0.2, 0.25) is 5.91 Å². The highest BCUT2D eigenvalue weighted by Crippen LogP contribution is 2.38. The van der Waals surface area contributed by atoms with E-state index in [9.17, 15) is 22.5 Å². The molecule has 0 radical (unpaired) electrons. The van der Waals surface area contributed by atoms with E-state index >= 15 is 0 Å². The zero-order chi connectivity index (χ0) is 27.0. The lowest BCUT2D eigenvalue weighted by atomic mass is 9.83. The van der Waals surface area contributed by atoms with E-state index in [2.05, 4.69) is 16.3 Å². The van der Waals surface area contributed by atoms with Crippen LogP contribution in [0.5, 0.6) is 0 Å². The van der Waals surface area contributed by atoms with Crippen LogP contribution in [0.15, 0.2) is 66.7 Å². The van der Waals surface area contributed by atoms with Crippen LogP contribution in [0.2, 0.25) is 5.02 Å². The predicted molar refractivity (Wildman–Crippen MR) is 141 cm³/mol. The molecule has 198 valence electrons. The summed E-state index contributed by atoms with van der Waals surface area (Å²) in [6.45, 7) is 0.148. The van der Waals surface area contributed by atoms with E-state index in [0.717, 1.165) is 37.6 Å². The summed E-state index contributed by atoms with van der Waals surface area (Å²) in [6, 6.07) is 20.7. The minimum atomic E-state index is -4.76. The fourth-order valence-electron chi connectivity index (χ4n) is 5.06. The zero-order valence-corrected chi connectivity index (χ0v) is 21.6. The Morgan fingerprint density at radius 3 is 2.18 bits per heavy atom. The number of nitrogens with two attached hydrogens (primary N) is 1. The number of H-pyrrole nitrogens is 1. The maximum atomic E-state index is 12.9. The number of carbonyl (C=O) groups is 1. The van der Waals surface area contributed by atoms with E-state index in [1.165, 1.54) is 0 Å². The van der Waals surface area contributed by atoms with Gasteiger partial charge in [-0.3, -0.25) is 9.89 Å². The van der Waals surface area contributed by atoms with Crippen molar-refractivity contribution in [3.63, 3.8) is 0 Å². The number of halogens is 4. The lowest BCUT2D eigenvalue weighted by molar-refractivity contribution is -0.0494. The van der Waals surface area contributed by atoms with E-state index in [0.29, 0.717) is 23.4 Å². The molecule has 0 saturated carbocycles. The maximum absolute atomic E-state index is 12.9. The third-order valence-electron chi connectivity index (χ3n) is 6.95. The summed E-state index contributed by atoms with van der Waals surface area (Å²) in [4.78, 5) is 11.6. The fraction of sp³-hybridized carbons (Fsp3) is 0.259. The van der Waals surface area contributed by atoms with Crippen molar-refractivity contribution in [2.24, 2.45) is 5.73 Å². The molecule has 3 N–H and O–H groups in total. The van der Waals surface area contributed by atoms with Crippen molar-refractivity contribution in [2.75, 3.05) is 13.1 Å². The largest absolute Gasteiger partial charge is 0.593 e. The van der Waals surface area contributed by atoms with Crippen molar-refractivity contribution in [1.29, 1.82) is 0 Å². The first-order valence-corrected chi connectivity index (χ1v) is 13.5. The minimum Gasteiger partial charge on any atom is -0.591 e. The van der Waals surface area contributed by atoms with Crippen LogP contribution in [0.25, 0.3) is 10.9 Å². The lowest BCUT2D eigenvalue weighted by Gasteiger charge is -2.31. The van der Waals surface area contributed by atoms with Crippen LogP contribution < -0.4 is 5.73 Å². The predicted octanol–water partition coefficient (Wildman–Crippen LogP) is 5.86. The van der Waals surface area contributed by atoms with Crippen molar-refractivity contribution in [1.82, 2.24) is 14.5 Å². The van der Waals surface area contributed by atoms with Gasteiger partial charge >= 0.3 is 5.51 Å². The van der Waals surface area contributed by atoms with Crippen molar-refractivity contribution in [3.8, 4) is 0 Å². The Morgan fingerprint density at radius 1 is 1.03 bits per heavy atom. The van der Waals surface area contributed by atoms with E-state index < -0.39 is 22.8 Å². The molecule has 1 amide bonds. The number of nitrogens with one attached hydrogen (secondary N) is 1. The molecule has 2 atom stereocenters. The number of benzene rings is 3. The molecule has 6 nitrogen and oxygen atoms in total. The SMILES string of the molecule is NC(=O)c1ccc(C(c2ccc(Cl)cc2)c2ccc3[nH]nc(C4CCN([S+]([O-])C(F)(F)F)CC4)c3c2)cc1. The van der Waals surface area contributed by atoms with Crippen LogP contribution in [-0.4, -0.2) is 43.6 Å². The number of fused-ring (bicyclic) bond motifs is 1. The first kappa shape index (κ1) is 26.6. The third-order valence-corrected chi connectivity index (χ3v) is 8.44. The molecule has 0 bridgehead atoms. The maximum Gasteiger partial charge on any atom is 0.593 e. The molecule has 3 aromatic carbocycles. The number of aromatic amines is 1. The molecule has 4 aromatic rings. The number of alkyl halides is 3. The van der Waals surface area contributed by atoms with Gasteiger partial charge in [0.15, 0.2) is 11.4 Å². The Bertz CT molecular complexity index is 1440. The summed E-state index contributed by atoms with van der Waals surface area (Å²) < 4.78 is 51.4. The number of carbonyl (C=O) groups excluding carboxylic acids is 1. The number of nitrogens with zero attached hydrogens (tertiary/aromatic N) is 2. The molecule has 11 heteroatoms. The van der Waals surface area contributed by atoms with Crippen LogP contribution >= 0.6 is 11.6 Å². The van der Waals surface area contributed by atoms with Gasteiger partial charge in [-0.1, -0.05) is 41.9 Å². The molecule has 38 heavy (non-hydrogen) atoms. The molecule has 2 unspecified atom stereocenters. The average molecular weight is 561 g/mol. The smallest absolute Gasteiger partial charge is 0.591 e. The summed E-state index contributed by atoms with van der Waals surface area (Å²) in [5.74, 6) is -0.754. The second-order valence-corrected chi connectivity index (χ2v) is 11.2. The highest BCUT2D eigenvalue weighted by Gasteiger charge is 2.50. The van der Waals surface area contributed by atoms with Gasteiger partial charge < -0.3 is 10.3 Å². The van der Waals surface area contributed by atoms with Gasteiger partial charge in [-0.05, 0) is 65.9 Å². The number of amides is 1. The molecule has 0 spiro atoms. The average Bonchev–Trinajstić information content (AvgIpc) is 3.33. The molecule has 1 aromatic heterocycles. The summed E-state index contributed by atoms with van der Waals surface area (Å²) in [7, 11) is 0.